The van der Waals surface area contributed by atoms with Gasteiger partial charge in [-0.15, -0.1) is 21.8 Å². The van der Waals surface area contributed by atoms with Crippen molar-refractivity contribution < 1.29 is 4.42 Å². The van der Waals surface area contributed by atoms with Crippen molar-refractivity contribution in [3.05, 3.63) is 29.9 Å². The van der Waals surface area contributed by atoms with Crippen molar-refractivity contribution in [3.63, 3.8) is 0 Å². The highest BCUT2D eigenvalue weighted by Gasteiger charge is 2.09. The van der Waals surface area contributed by atoms with Gasteiger partial charge in [0.1, 0.15) is 0 Å². The normalized spacial score (nSPS) is 10.5. The number of rotatable bonds is 3. The highest BCUT2D eigenvalue weighted by atomic mass is 35.5. The Balaban J connectivity index is 2.33. The minimum absolute atomic E-state index is 0.483. The van der Waals surface area contributed by atoms with E-state index in [0.29, 0.717) is 24.1 Å². The number of pyridine rings is 1. The van der Waals surface area contributed by atoms with Gasteiger partial charge < -0.3 is 4.42 Å². The lowest BCUT2D eigenvalue weighted by atomic mass is 10.2. The van der Waals surface area contributed by atoms with Crippen LogP contribution in [0.5, 0.6) is 0 Å². The molecule has 0 spiro atoms. The number of halogens is 1. The second-order valence-corrected chi connectivity index (χ2v) is 3.51. The molecule has 0 atom stereocenters. The molecule has 15 heavy (non-hydrogen) atoms. The monoisotopic (exact) mass is 223 g/mol. The largest absolute Gasteiger partial charge is 0.421 e. The Morgan fingerprint density at radius 2 is 2.27 bits per heavy atom. The minimum atomic E-state index is 0.483. The van der Waals surface area contributed by atoms with Crippen LogP contribution in [0.25, 0.3) is 11.5 Å². The molecule has 0 bridgehead atoms. The van der Waals surface area contributed by atoms with Gasteiger partial charge in [-0.25, -0.2) is 0 Å². The van der Waals surface area contributed by atoms with Crippen LogP contribution in [0.1, 0.15) is 11.5 Å². The summed E-state index contributed by atoms with van der Waals surface area (Å²) >= 11 is 5.58. The van der Waals surface area contributed by atoms with Gasteiger partial charge in [-0.2, -0.15) is 0 Å². The summed E-state index contributed by atoms with van der Waals surface area (Å²) in [6.07, 6.45) is 4.06. The quantitative estimate of drug-likeness (QED) is 0.749. The van der Waals surface area contributed by atoms with Crippen molar-refractivity contribution in [1.82, 2.24) is 15.2 Å². The van der Waals surface area contributed by atoms with E-state index in [-0.39, 0.29) is 0 Å². The van der Waals surface area contributed by atoms with Gasteiger partial charge in [0.25, 0.3) is 0 Å². The highest BCUT2D eigenvalue weighted by Crippen LogP contribution is 2.20. The molecule has 0 aliphatic carbocycles. The number of aromatic nitrogens is 3. The molecule has 5 heteroatoms. The van der Waals surface area contributed by atoms with Gasteiger partial charge in [0.05, 0.1) is 0 Å². The van der Waals surface area contributed by atoms with E-state index in [1.54, 1.807) is 12.4 Å². The number of hydrogen-bond donors (Lipinski definition) is 0. The summed E-state index contributed by atoms with van der Waals surface area (Å²) in [5.41, 5.74) is 1.93. The van der Waals surface area contributed by atoms with Gasteiger partial charge in [0.15, 0.2) is 0 Å². The Morgan fingerprint density at radius 1 is 1.40 bits per heavy atom. The van der Waals surface area contributed by atoms with E-state index >= 15 is 0 Å². The average molecular weight is 224 g/mol. The summed E-state index contributed by atoms with van der Waals surface area (Å²) in [7, 11) is 0. The van der Waals surface area contributed by atoms with Crippen LogP contribution in [0.15, 0.2) is 22.9 Å². The first-order valence-electron chi connectivity index (χ1n) is 4.60. The maximum Gasteiger partial charge on any atom is 0.248 e. The van der Waals surface area contributed by atoms with Crippen LogP contribution in [-0.2, 0) is 6.42 Å². The first kappa shape index (κ1) is 10.1. The summed E-state index contributed by atoms with van der Waals surface area (Å²) in [5, 5.41) is 7.86. The van der Waals surface area contributed by atoms with Crippen LogP contribution >= 0.6 is 11.6 Å². The standard InChI is InChI=1S/C10H10ClN3O/c1-7-6-12-5-3-8(7)10-14-13-9(15-10)2-4-11/h3,5-6H,2,4H2,1H3. The second-order valence-electron chi connectivity index (χ2n) is 3.13. The number of nitrogens with zero attached hydrogens (tertiary/aromatic N) is 3. The van der Waals surface area contributed by atoms with Crippen molar-refractivity contribution in [2.45, 2.75) is 13.3 Å². The lowest BCUT2D eigenvalue weighted by Gasteiger charge is -1.97. The lowest BCUT2D eigenvalue weighted by Crippen LogP contribution is -1.84. The molecule has 4 nitrogen and oxygen atoms in total. The van der Waals surface area contributed by atoms with Gasteiger partial charge >= 0.3 is 0 Å². The molecule has 0 unspecified atom stereocenters. The molecule has 0 amide bonds. The average Bonchev–Trinajstić information content (AvgIpc) is 2.68. The highest BCUT2D eigenvalue weighted by molar-refractivity contribution is 6.17. The Kier molecular flexibility index (Phi) is 2.97. The van der Waals surface area contributed by atoms with Gasteiger partial charge in [-0.05, 0) is 18.6 Å². The van der Waals surface area contributed by atoms with Crippen molar-refractivity contribution in [1.29, 1.82) is 0 Å². The van der Waals surface area contributed by atoms with Crippen molar-refractivity contribution >= 4 is 11.6 Å². The van der Waals surface area contributed by atoms with Crippen LogP contribution in [0.4, 0.5) is 0 Å². The molecule has 2 heterocycles. The summed E-state index contributed by atoms with van der Waals surface area (Å²) in [5.74, 6) is 1.57. The van der Waals surface area contributed by atoms with Crippen LogP contribution in [0.3, 0.4) is 0 Å². The zero-order valence-electron chi connectivity index (χ0n) is 8.27. The topological polar surface area (TPSA) is 51.8 Å². The summed E-state index contributed by atoms with van der Waals surface area (Å²) in [4.78, 5) is 4.00. The molecule has 0 N–H and O–H groups in total. The zero-order chi connectivity index (χ0) is 10.7. The molecule has 2 aromatic heterocycles. The molecular weight excluding hydrogens is 214 g/mol. The number of alkyl halides is 1. The summed E-state index contributed by atoms with van der Waals surface area (Å²) in [6.45, 7) is 1.95. The van der Waals surface area contributed by atoms with E-state index < -0.39 is 0 Å². The fourth-order valence-electron chi connectivity index (χ4n) is 1.26. The molecule has 0 aromatic carbocycles. The Hall–Kier alpha value is -1.42. The van der Waals surface area contributed by atoms with Gasteiger partial charge in [0, 0.05) is 30.3 Å². The van der Waals surface area contributed by atoms with E-state index in [1.807, 2.05) is 13.0 Å². The number of aryl methyl sites for hydroxylation is 2. The van der Waals surface area contributed by atoms with E-state index in [0.717, 1.165) is 11.1 Å². The van der Waals surface area contributed by atoms with Crippen molar-refractivity contribution in [3.8, 4) is 11.5 Å². The summed E-state index contributed by atoms with van der Waals surface area (Å²) < 4.78 is 5.46. The number of hydrogen-bond acceptors (Lipinski definition) is 4. The third-order valence-electron chi connectivity index (χ3n) is 2.03. The molecule has 0 fully saturated rings. The summed E-state index contributed by atoms with van der Waals surface area (Å²) in [6, 6.07) is 1.85. The van der Waals surface area contributed by atoms with E-state index in [9.17, 15) is 0 Å². The van der Waals surface area contributed by atoms with Crippen LogP contribution in [-0.4, -0.2) is 21.1 Å². The first-order chi connectivity index (χ1) is 7.31. The van der Waals surface area contributed by atoms with Gasteiger partial charge in [-0.3, -0.25) is 4.98 Å². The fourth-order valence-corrected chi connectivity index (χ4v) is 1.42. The minimum Gasteiger partial charge on any atom is -0.421 e. The lowest BCUT2D eigenvalue weighted by molar-refractivity contribution is 0.513. The Bertz CT molecular complexity index is 455. The smallest absolute Gasteiger partial charge is 0.248 e. The van der Waals surface area contributed by atoms with Crippen LogP contribution < -0.4 is 0 Å². The fraction of sp³-hybridized carbons (Fsp3) is 0.300. The van der Waals surface area contributed by atoms with E-state index in [4.69, 9.17) is 16.0 Å². The molecule has 2 aromatic rings. The first-order valence-corrected chi connectivity index (χ1v) is 5.14. The molecule has 0 radical (unpaired) electrons. The Morgan fingerprint density at radius 3 is 3.00 bits per heavy atom. The van der Waals surface area contributed by atoms with Gasteiger partial charge in [-0.1, -0.05) is 0 Å². The van der Waals surface area contributed by atoms with Crippen molar-refractivity contribution in [2.75, 3.05) is 5.88 Å². The van der Waals surface area contributed by atoms with Crippen LogP contribution in [0.2, 0.25) is 0 Å². The van der Waals surface area contributed by atoms with E-state index in [1.165, 1.54) is 0 Å². The Labute approximate surface area is 92.3 Å². The predicted molar refractivity (Wildman–Crippen MR) is 56.7 cm³/mol. The van der Waals surface area contributed by atoms with E-state index in [2.05, 4.69) is 15.2 Å². The SMILES string of the molecule is Cc1cnccc1-c1nnc(CCCl)o1. The second kappa shape index (κ2) is 4.40. The van der Waals surface area contributed by atoms with Crippen molar-refractivity contribution in [2.24, 2.45) is 0 Å². The molecule has 0 aliphatic rings. The van der Waals surface area contributed by atoms with Crippen LogP contribution in [0, 0.1) is 6.92 Å². The maximum atomic E-state index is 5.58. The predicted octanol–water partition coefficient (Wildman–Crippen LogP) is 2.22. The molecule has 0 saturated heterocycles. The molecule has 0 aliphatic heterocycles. The molecule has 2 rings (SSSR count). The zero-order valence-corrected chi connectivity index (χ0v) is 9.03. The molecular formula is C10H10ClN3O. The third kappa shape index (κ3) is 2.15. The van der Waals surface area contributed by atoms with Gasteiger partial charge in [0.2, 0.25) is 11.8 Å². The molecule has 0 saturated carbocycles. The molecule has 78 valence electrons. The maximum absolute atomic E-state index is 5.58. The third-order valence-corrected chi connectivity index (χ3v) is 2.21.